The van der Waals surface area contributed by atoms with Gasteiger partial charge in [-0.2, -0.15) is 0 Å². The Bertz CT molecular complexity index is 354. The number of hydrogen-bond acceptors (Lipinski definition) is 2. The van der Waals surface area contributed by atoms with Crippen LogP contribution in [0.5, 0.6) is 0 Å². The first-order valence-corrected chi connectivity index (χ1v) is 5.80. The average Bonchev–Trinajstić information content (AvgIpc) is 2.73. The van der Waals surface area contributed by atoms with Gasteiger partial charge in [0.15, 0.2) is 0 Å². The molecule has 0 aromatic rings. The molecule has 3 rings (SSSR count). The monoisotopic (exact) mass is 206 g/mol. The summed E-state index contributed by atoms with van der Waals surface area (Å²) in [7, 11) is 0. The van der Waals surface area contributed by atoms with Crippen LogP contribution in [0, 0.1) is 29.1 Å². The van der Waals surface area contributed by atoms with Gasteiger partial charge >= 0.3 is 0 Å². The number of terminal acetylenes is 1. The normalized spacial score (nSPS) is 55.3. The molecular weight excluding hydrogens is 188 g/mol. The van der Waals surface area contributed by atoms with Crippen molar-refractivity contribution < 1.29 is 9.84 Å². The van der Waals surface area contributed by atoms with E-state index in [-0.39, 0.29) is 16.9 Å². The molecule has 1 unspecified atom stereocenters. The summed E-state index contributed by atoms with van der Waals surface area (Å²) in [4.78, 5) is 0. The molecule has 0 radical (unpaired) electrons. The van der Waals surface area contributed by atoms with Crippen molar-refractivity contribution in [3.8, 4) is 12.3 Å². The fourth-order valence-electron chi connectivity index (χ4n) is 4.70. The minimum Gasteiger partial charge on any atom is -0.390 e. The smallest absolute Gasteiger partial charge is 0.137 e. The number of aliphatic hydroxyl groups excluding tert-OH is 1. The van der Waals surface area contributed by atoms with E-state index < -0.39 is 5.60 Å². The maximum atomic E-state index is 10.3. The highest BCUT2D eigenvalue weighted by atomic mass is 16.5. The summed E-state index contributed by atoms with van der Waals surface area (Å²) >= 11 is 0. The highest BCUT2D eigenvalue weighted by Gasteiger charge is 2.76. The maximum Gasteiger partial charge on any atom is 0.137 e. The van der Waals surface area contributed by atoms with Gasteiger partial charge in [-0.3, -0.25) is 0 Å². The number of aliphatic hydroxyl groups is 1. The Hall–Kier alpha value is -0.520. The molecule has 2 nitrogen and oxygen atoms in total. The van der Waals surface area contributed by atoms with E-state index in [0.29, 0.717) is 12.5 Å². The van der Waals surface area contributed by atoms with Crippen LogP contribution in [0.3, 0.4) is 0 Å². The van der Waals surface area contributed by atoms with Crippen molar-refractivity contribution in [2.24, 2.45) is 16.7 Å². The van der Waals surface area contributed by atoms with Gasteiger partial charge in [-0.15, -0.1) is 6.42 Å². The highest BCUT2D eigenvalue weighted by molar-refractivity contribution is 5.33. The van der Waals surface area contributed by atoms with Gasteiger partial charge < -0.3 is 9.84 Å². The second-order valence-corrected chi connectivity index (χ2v) is 5.93. The van der Waals surface area contributed by atoms with E-state index in [1.54, 1.807) is 0 Å². The van der Waals surface area contributed by atoms with Crippen molar-refractivity contribution >= 4 is 0 Å². The lowest BCUT2D eigenvalue weighted by Crippen LogP contribution is -2.50. The Morgan fingerprint density at radius 2 is 2.20 bits per heavy atom. The van der Waals surface area contributed by atoms with Crippen molar-refractivity contribution in [2.75, 3.05) is 6.61 Å². The van der Waals surface area contributed by atoms with Gasteiger partial charge in [0.25, 0.3) is 0 Å². The number of fused-ring (bicyclic) bond motifs is 1. The van der Waals surface area contributed by atoms with Crippen molar-refractivity contribution in [3.63, 3.8) is 0 Å². The molecule has 3 fully saturated rings. The molecule has 2 aliphatic carbocycles. The minimum absolute atomic E-state index is 0.120. The van der Waals surface area contributed by atoms with Crippen LogP contribution >= 0.6 is 0 Å². The third-order valence-electron chi connectivity index (χ3n) is 5.60. The van der Waals surface area contributed by atoms with Gasteiger partial charge in [0.05, 0.1) is 12.7 Å². The van der Waals surface area contributed by atoms with E-state index in [1.165, 1.54) is 6.42 Å². The topological polar surface area (TPSA) is 29.5 Å². The zero-order chi connectivity index (χ0) is 10.9. The highest BCUT2D eigenvalue weighted by Crippen LogP contribution is 2.74. The van der Waals surface area contributed by atoms with E-state index in [4.69, 9.17) is 11.2 Å². The van der Waals surface area contributed by atoms with Gasteiger partial charge in [0.2, 0.25) is 0 Å². The van der Waals surface area contributed by atoms with E-state index in [9.17, 15) is 5.11 Å². The Kier molecular flexibility index (Phi) is 1.56. The molecule has 1 aliphatic heterocycles. The molecule has 1 heterocycles. The Morgan fingerprint density at radius 1 is 1.47 bits per heavy atom. The Balaban J connectivity index is 2.21. The van der Waals surface area contributed by atoms with Gasteiger partial charge in [-0.05, 0) is 30.6 Å². The fraction of sp³-hybridized carbons (Fsp3) is 0.846. The summed E-state index contributed by atoms with van der Waals surface area (Å²) in [6, 6.07) is 0. The molecule has 3 aliphatic rings. The van der Waals surface area contributed by atoms with Gasteiger partial charge in [0.1, 0.15) is 5.60 Å². The lowest BCUT2D eigenvalue weighted by Gasteiger charge is -2.43. The summed E-state index contributed by atoms with van der Waals surface area (Å²) in [6.07, 6.45) is 8.46. The van der Waals surface area contributed by atoms with Crippen LogP contribution in [0.1, 0.15) is 33.1 Å². The zero-order valence-corrected chi connectivity index (χ0v) is 9.42. The fourth-order valence-corrected chi connectivity index (χ4v) is 4.70. The third-order valence-corrected chi connectivity index (χ3v) is 5.60. The zero-order valence-electron chi connectivity index (χ0n) is 9.42. The Labute approximate surface area is 91.0 Å². The molecule has 2 saturated carbocycles. The molecule has 1 saturated heterocycles. The molecule has 4 atom stereocenters. The second-order valence-electron chi connectivity index (χ2n) is 5.93. The van der Waals surface area contributed by atoms with Crippen molar-refractivity contribution in [3.05, 3.63) is 0 Å². The molecule has 2 heteroatoms. The van der Waals surface area contributed by atoms with Gasteiger partial charge in [0, 0.05) is 5.41 Å². The molecule has 2 bridgehead atoms. The standard InChI is InChI=1S/C13H18O2/c1-4-12-7-9-5-6-13(12,11(9,2)3)10(14)8-15-12/h1,9-10,14H,5-8H2,2-3H3/t9-,10?,12-,13+/m1/s1. The second kappa shape index (κ2) is 2.42. The molecular formula is C13H18O2. The van der Waals surface area contributed by atoms with Gasteiger partial charge in [-0.1, -0.05) is 19.8 Å². The molecule has 0 amide bonds. The average molecular weight is 206 g/mol. The largest absolute Gasteiger partial charge is 0.390 e. The first kappa shape index (κ1) is 9.69. The predicted octanol–water partition coefficient (Wildman–Crippen LogP) is 1.58. The van der Waals surface area contributed by atoms with Crippen molar-refractivity contribution in [1.29, 1.82) is 0 Å². The number of ether oxygens (including phenoxy) is 1. The molecule has 0 aromatic carbocycles. The summed E-state index contributed by atoms with van der Waals surface area (Å²) < 4.78 is 5.80. The summed E-state index contributed by atoms with van der Waals surface area (Å²) in [5.74, 6) is 3.48. The number of hydrogen-bond donors (Lipinski definition) is 1. The lowest BCUT2D eigenvalue weighted by atomic mass is 9.61. The molecule has 82 valence electrons. The van der Waals surface area contributed by atoms with Gasteiger partial charge in [-0.25, -0.2) is 0 Å². The maximum absolute atomic E-state index is 10.3. The predicted molar refractivity (Wildman–Crippen MR) is 57.1 cm³/mol. The number of rotatable bonds is 0. The summed E-state index contributed by atoms with van der Waals surface area (Å²) in [5, 5.41) is 10.3. The lowest BCUT2D eigenvalue weighted by molar-refractivity contribution is -0.0477. The summed E-state index contributed by atoms with van der Waals surface area (Å²) in [6.45, 7) is 4.92. The van der Waals surface area contributed by atoms with Crippen LogP contribution in [0.2, 0.25) is 0 Å². The van der Waals surface area contributed by atoms with Crippen LogP contribution in [-0.2, 0) is 4.74 Å². The van der Waals surface area contributed by atoms with Crippen LogP contribution < -0.4 is 0 Å². The molecule has 0 aromatic heterocycles. The summed E-state index contributed by atoms with van der Waals surface area (Å²) in [5.41, 5.74) is -0.534. The van der Waals surface area contributed by atoms with Crippen LogP contribution in [0.25, 0.3) is 0 Å². The van der Waals surface area contributed by atoms with E-state index in [2.05, 4.69) is 19.8 Å². The van der Waals surface area contributed by atoms with Crippen LogP contribution in [0.4, 0.5) is 0 Å². The van der Waals surface area contributed by atoms with E-state index in [0.717, 1.165) is 12.8 Å². The molecule has 1 spiro atoms. The Morgan fingerprint density at radius 3 is 2.73 bits per heavy atom. The van der Waals surface area contributed by atoms with Crippen LogP contribution in [0.15, 0.2) is 0 Å². The van der Waals surface area contributed by atoms with E-state index >= 15 is 0 Å². The SMILES string of the molecule is C#C[C@@]12C[C@H]3CC[C@]1(C(O)CO2)C3(C)C. The van der Waals surface area contributed by atoms with Crippen molar-refractivity contribution in [1.82, 2.24) is 0 Å². The first-order chi connectivity index (χ1) is 7.00. The van der Waals surface area contributed by atoms with Crippen LogP contribution in [-0.4, -0.2) is 23.4 Å². The molecule has 1 N–H and O–H groups in total. The minimum atomic E-state index is -0.473. The van der Waals surface area contributed by atoms with E-state index in [1.807, 2.05) is 0 Å². The quantitative estimate of drug-likeness (QED) is 0.610. The van der Waals surface area contributed by atoms with Crippen molar-refractivity contribution in [2.45, 2.75) is 44.8 Å². The molecule has 15 heavy (non-hydrogen) atoms. The first-order valence-electron chi connectivity index (χ1n) is 5.80. The third kappa shape index (κ3) is 0.726.